The van der Waals surface area contributed by atoms with E-state index in [1.54, 1.807) is 24.3 Å². The number of para-hydroxylation sites is 1. The molecule has 1 N–H and O–H groups in total. The van der Waals surface area contributed by atoms with E-state index in [9.17, 15) is 16.8 Å². The second-order valence-corrected chi connectivity index (χ2v) is 9.39. The van der Waals surface area contributed by atoms with Gasteiger partial charge in [0.05, 0.1) is 22.5 Å². The molecule has 0 saturated heterocycles. The van der Waals surface area contributed by atoms with Gasteiger partial charge in [-0.2, -0.15) is 0 Å². The number of hydrogen-bond donors (Lipinski definition) is 1. The maximum atomic E-state index is 12.6. The molecule has 3 rings (SSSR count). The molecule has 6 nitrogen and oxygen atoms in total. The lowest BCUT2D eigenvalue weighted by Gasteiger charge is -2.17. The highest BCUT2D eigenvalue weighted by Crippen LogP contribution is 2.32. The van der Waals surface area contributed by atoms with Crippen molar-refractivity contribution in [1.29, 1.82) is 0 Å². The minimum absolute atomic E-state index is 0.125. The molecule has 128 valence electrons. The largest absolute Gasteiger partial charge is 0.279 e. The summed E-state index contributed by atoms with van der Waals surface area (Å²) < 4.78 is 52.6. The van der Waals surface area contributed by atoms with Crippen molar-refractivity contribution in [2.45, 2.75) is 18.2 Å². The van der Waals surface area contributed by atoms with Gasteiger partial charge in [0.15, 0.2) is 0 Å². The topological polar surface area (TPSA) is 83.6 Å². The Morgan fingerprint density at radius 3 is 2.42 bits per heavy atom. The van der Waals surface area contributed by atoms with E-state index in [1.807, 2.05) is 19.1 Å². The molecule has 1 heterocycles. The Labute approximate surface area is 142 Å². The molecule has 1 aliphatic heterocycles. The van der Waals surface area contributed by atoms with Crippen LogP contribution in [0.1, 0.15) is 11.1 Å². The number of nitrogens with zero attached hydrogens (tertiary/aromatic N) is 1. The average molecular weight is 366 g/mol. The van der Waals surface area contributed by atoms with Gasteiger partial charge in [-0.3, -0.25) is 9.03 Å². The molecular weight excluding hydrogens is 348 g/mol. The van der Waals surface area contributed by atoms with Gasteiger partial charge in [0, 0.05) is 6.54 Å². The van der Waals surface area contributed by atoms with Crippen molar-refractivity contribution in [2.75, 3.05) is 21.8 Å². The molecule has 0 bridgehead atoms. The highest BCUT2D eigenvalue weighted by Gasteiger charge is 2.27. The summed E-state index contributed by atoms with van der Waals surface area (Å²) >= 11 is 0. The highest BCUT2D eigenvalue weighted by atomic mass is 32.2. The quantitative estimate of drug-likeness (QED) is 0.898. The fourth-order valence-corrected chi connectivity index (χ4v) is 4.89. The first-order valence-electron chi connectivity index (χ1n) is 7.37. The van der Waals surface area contributed by atoms with Crippen LogP contribution < -0.4 is 9.03 Å². The molecule has 2 aromatic carbocycles. The van der Waals surface area contributed by atoms with Gasteiger partial charge in [-0.1, -0.05) is 18.2 Å². The van der Waals surface area contributed by atoms with Gasteiger partial charge >= 0.3 is 0 Å². The van der Waals surface area contributed by atoms with Crippen molar-refractivity contribution >= 4 is 31.4 Å². The Balaban J connectivity index is 1.95. The van der Waals surface area contributed by atoms with Crippen molar-refractivity contribution in [1.82, 2.24) is 0 Å². The van der Waals surface area contributed by atoms with E-state index in [0.717, 1.165) is 11.8 Å². The number of hydrogen-bond acceptors (Lipinski definition) is 4. The normalized spacial score (nSPS) is 14.5. The zero-order chi connectivity index (χ0) is 17.5. The number of aryl methyl sites for hydroxylation is 1. The molecule has 8 heteroatoms. The Kier molecular flexibility index (Phi) is 4.05. The Morgan fingerprint density at radius 2 is 1.75 bits per heavy atom. The fraction of sp³-hybridized carbons (Fsp3) is 0.250. The summed E-state index contributed by atoms with van der Waals surface area (Å²) in [6.45, 7) is 2.16. The van der Waals surface area contributed by atoms with Crippen LogP contribution in [0.4, 0.5) is 11.4 Å². The minimum atomic E-state index is -3.73. The van der Waals surface area contributed by atoms with Crippen molar-refractivity contribution in [3.8, 4) is 0 Å². The number of anilines is 2. The first-order chi connectivity index (χ1) is 11.2. The predicted octanol–water partition coefficient (Wildman–Crippen LogP) is 2.12. The first kappa shape index (κ1) is 16.8. The molecule has 0 aliphatic carbocycles. The van der Waals surface area contributed by atoms with Crippen molar-refractivity contribution in [3.63, 3.8) is 0 Å². The summed E-state index contributed by atoms with van der Waals surface area (Å²) in [5.41, 5.74) is 2.61. The third-order valence-corrected chi connectivity index (χ3v) is 6.55. The zero-order valence-electron chi connectivity index (χ0n) is 13.4. The molecular formula is C16H18N2O4S2. The summed E-state index contributed by atoms with van der Waals surface area (Å²) in [5.74, 6) is 0. The molecule has 0 aromatic heterocycles. The van der Waals surface area contributed by atoms with Gasteiger partial charge in [0.2, 0.25) is 10.0 Å². The molecule has 0 saturated carbocycles. The van der Waals surface area contributed by atoms with Crippen LogP contribution in [0.5, 0.6) is 0 Å². The summed E-state index contributed by atoms with van der Waals surface area (Å²) in [6.07, 6.45) is 1.64. The second-order valence-electron chi connectivity index (χ2n) is 5.80. The van der Waals surface area contributed by atoms with E-state index in [4.69, 9.17) is 0 Å². The summed E-state index contributed by atoms with van der Waals surface area (Å²) in [5, 5.41) is 0. The molecule has 24 heavy (non-hydrogen) atoms. The predicted molar refractivity (Wildman–Crippen MR) is 94.3 cm³/mol. The Bertz CT molecular complexity index is 998. The third-order valence-electron chi connectivity index (χ3n) is 4.00. The monoisotopic (exact) mass is 366 g/mol. The zero-order valence-corrected chi connectivity index (χ0v) is 15.0. The second kappa shape index (κ2) is 5.78. The van der Waals surface area contributed by atoms with Crippen molar-refractivity contribution in [2.24, 2.45) is 0 Å². The summed E-state index contributed by atoms with van der Waals surface area (Å²) in [6, 6.07) is 11.6. The highest BCUT2D eigenvalue weighted by molar-refractivity contribution is 7.92. The Hall–Kier alpha value is -2.06. The van der Waals surface area contributed by atoms with Crippen molar-refractivity contribution < 1.29 is 16.8 Å². The van der Waals surface area contributed by atoms with Crippen LogP contribution in [0.2, 0.25) is 0 Å². The number of rotatable bonds is 4. The number of benzene rings is 2. The van der Waals surface area contributed by atoms with E-state index in [2.05, 4.69) is 4.72 Å². The molecule has 0 atom stereocenters. The van der Waals surface area contributed by atoms with Gasteiger partial charge in [-0.05, 0) is 48.7 Å². The lowest BCUT2D eigenvalue weighted by molar-refractivity contribution is 0.597. The van der Waals surface area contributed by atoms with Gasteiger partial charge in [0.1, 0.15) is 0 Å². The van der Waals surface area contributed by atoms with Crippen LogP contribution in [-0.2, 0) is 26.5 Å². The fourth-order valence-electron chi connectivity index (χ4n) is 2.75. The molecule has 0 unspecified atom stereocenters. The molecule has 0 amide bonds. The van der Waals surface area contributed by atoms with Crippen LogP contribution in [0, 0.1) is 6.92 Å². The van der Waals surface area contributed by atoms with Crippen LogP contribution in [0.3, 0.4) is 0 Å². The van der Waals surface area contributed by atoms with Crippen molar-refractivity contribution in [3.05, 3.63) is 53.6 Å². The minimum Gasteiger partial charge on any atom is -0.279 e. The Morgan fingerprint density at radius 1 is 1.04 bits per heavy atom. The lowest BCUT2D eigenvalue weighted by atomic mass is 10.2. The van der Waals surface area contributed by atoms with Gasteiger partial charge < -0.3 is 0 Å². The van der Waals surface area contributed by atoms with Crippen LogP contribution in [-0.4, -0.2) is 29.6 Å². The van der Waals surface area contributed by atoms with Crippen LogP contribution in [0.15, 0.2) is 47.4 Å². The van der Waals surface area contributed by atoms with E-state index in [-0.39, 0.29) is 4.90 Å². The maximum absolute atomic E-state index is 12.6. The smallest absolute Gasteiger partial charge is 0.261 e. The van der Waals surface area contributed by atoms with E-state index < -0.39 is 20.0 Å². The molecule has 1 aliphatic rings. The SMILES string of the molecule is Cc1ccccc1NS(=O)(=O)c1ccc2c(c1)CCN2S(C)(=O)=O. The van der Waals surface area contributed by atoms with E-state index in [1.165, 1.54) is 10.4 Å². The molecule has 0 fully saturated rings. The third kappa shape index (κ3) is 3.11. The molecule has 0 radical (unpaired) electrons. The summed E-state index contributed by atoms with van der Waals surface area (Å²) in [4.78, 5) is 0.125. The van der Waals surface area contributed by atoms with Gasteiger partial charge in [0.25, 0.3) is 10.0 Å². The number of nitrogens with one attached hydrogen (secondary N) is 1. The number of fused-ring (bicyclic) bond motifs is 1. The maximum Gasteiger partial charge on any atom is 0.261 e. The average Bonchev–Trinajstić information content (AvgIpc) is 2.92. The van der Waals surface area contributed by atoms with Gasteiger partial charge in [-0.25, -0.2) is 16.8 Å². The molecule has 0 spiro atoms. The van der Waals surface area contributed by atoms with E-state index >= 15 is 0 Å². The number of sulfonamides is 2. The summed E-state index contributed by atoms with van der Waals surface area (Å²) in [7, 11) is -7.08. The van der Waals surface area contributed by atoms with Crippen LogP contribution >= 0.6 is 0 Å². The van der Waals surface area contributed by atoms with Gasteiger partial charge in [-0.15, -0.1) is 0 Å². The lowest BCUT2D eigenvalue weighted by Crippen LogP contribution is -2.27. The standard InChI is InChI=1S/C16H18N2O4S2/c1-12-5-3-4-6-15(12)17-24(21,22)14-7-8-16-13(11-14)9-10-18(16)23(2,19)20/h3-8,11,17H,9-10H2,1-2H3. The molecule has 2 aromatic rings. The first-order valence-corrected chi connectivity index (χ1v) is 10.7. The van der Waals surface area contributed by atoms with E-state index in [0.29, 0.717) is 29.9 Å². The van der Waals surface area contributed by atoms with Crippen LogP contribution in [0.25, 0.3) is 0 Å².